The van der Waals surface area contributed by atoms with E-state index in [1.54, 1.807) is 12.1 Å². The van der Waals surface area contributed by atoms with Gasteiger partial charge in [0.2, 0.25) is 5.91 Å². The van der Waals surface area contributed by atoms with E-state index in [9.17, 15) is 9.90 Å². The third-order valence-electron chi connectivity index (χ3n) is 2.88. The van der Waals surface area contributed by atoms with Crippen molar-refractivity contribution < 1.29 is 9.90 Å². The fourth-order valence-corrected chi connectivity index (χ4v) is 2.32. The van der Waals surface area contributed by atoms with Gasteiger partial charge in [-0.05, 0) is 53.1 Å². The lowest BCUT2D eigenvalue weighted by Crippen LogP contribution is -2.42. The zero-order valence-electron chi connectivity index (χ0n) is 11.2. The summed E-state index contributed by atoms with van der Waals surface area (Å²) in [6.45, 7) is 2.81. The molecule has 0 saturated heterocycles. The van der Waals surface area contributed by atoms with Crippen LogP contribution in [0.4, 0.5) is 0 Å². The van der Waals surface area contributed by atoms with Gasteiger partial charge in [-0.25, -0.2) is 0 Å². The molecule has 0 aliphatic carbocycles. The van der Waals surface area contributed by atoms with Gasteiger partial charge < -0.3 is 16.2 Å². The van der Waals surface area contributed by atoms with Crippen molar-refractivity contribution in [2.45, 2.75) is 38.6 Å². The molecule has 4 N–H and O–H groups in total. The molecule has 5 heteroatoms. The van der Waals surface area contributed by atoms with Gasteiger partial charge in [-0.1, -0.05) is 25.8 Å². The molecule has 19 heavy (non-hydrogen) atoms. The highest BCUT2D eigenvalue weighted by Crippen LogP contribution is 2.20. The number of phenols is 1. The molecule has 0 heterocycles. The SMILES string of the molecule is CCCCCNC(=O)C(N)Cc1ccc(O)c(I)c1. The molecule has 1 atom stereocenters. The van der Waals surface area contributed by atoms with Gasteiger partial charge in [0.25, 0.3) is 0 Å². The number of phenolic OH excluding ortho intramolecular Hbond substituents is 1. The molecule has 0 radical (unpaired) electrons. The largest absolute Gasteiger partial charge is 0.507 e. The third-order valence-corrected chi connectivity index (χ3v) is 3.75. The van der Waals surface area contributed by atoms with Gasteiger partial charge >= 0.3 is 0 Å². The second-order valence-electron chi connectivity index (χ2n) is 4.59. The topological polar surface area (TPSA) is 75.4 Å². The normalized spacial score (nSPS) is 12.2. The van der Waals surface area contributed by atoms with E-state index in [0.29, 0.717) is 13.0 Å². The summed E-state index contributed by atoms with van der Waals surface area (Å²) in [6.07, 6.45) is 3.72. The number of hydrogen-bond donors (Lipinski definition) is 3. The Kier molecular flexibility index (Phi) is 7.15. The van der Waals surface area contributed by atoms with Crippen LogP contribution in [0, 0.1) is 3.57 Å². The van der Waals surface area contributed by atoms with Crippen LogP contribution in [0.5, 0.6) is 5.75 Å². The molecule has 1 rings (SSSR count). The summed E-state index contributed by atoms with van der Waals surface area (Å²) in [5.41, 5.74) is 6.83. The number of carbonyl (C=O) groups is 1. The van der Waals surface area contributed by atoms with Gasteiger partial charge in [-0.15, -0.1) is 0 Å². The lowest BCUT2D eigenvalue weighted by molar-refractivity contribution is -0.122. The van der Waals surface area contributed by atoms with Crippen LogP contribution in [-0.4, -0.2) is 23.6 Å². The molecule has 106 valence electrons. The first-order valence-corrected chi connectivity index (χ1v) is 7.63. The van der Waals surface area contributed by atoms with Crippen molar-refractivity contribution in [3.8, 4) is 5.75 Å². The van der Waals surface area contributed by atoms with Crippen LogP contribution in [0.15, 0.2) is 18.2 Å². The number of halogens is 1. The van der Waals surface area contributed by atoms with Crippen molar-refractivity contribution in [2.75, 3.05) is 6.54 Å². The minimum absolute atomic E-state index is 0.112. The number of aromatic hydroxyl groups is 1. The van der Waals surface area contributed by atoms with Gasteiger partial charge in [0.05, 0.1) is 9.61 Å². The van der Waals surface area contributed by atoms with E-state index in [1.807, 2.05) is 6.07 Å². The first-order valence-electron chi connectivity index (χ1n) is 6.55. The predicted octanol–water partition coefficient (Wildman–Crippen LogP) is 2.17. The first-order chi connectivity index (χ1) is 9.04. The van der Waals surface area contributed by atoms with E-state index in [0.717, 1.165) is 28.4 Å². The van der Waals surface area contributed by atoms with Gasteiger partial charge in [-0.2, -0.15) is 0 Å². The summed E-state index contributed by atoms with van der Waals surface area (Å²) >= 11 is 2.05. The number of nitrogens with two attached hydrogens (primary N) is 1. The van der Waals surface area contributed by atoms with E-state index >= 15 is 0 Å². The molecule has 0 saturated carbocycles. The molecule has 4 nitrogen and oxygen atoms in total. The van der Waals surface area contributed by atoms with E-state index in [-0.39, 0.29) is 11.7 Å². The maximum atomic E-state index is 11.8. The summed E-state index contributed by atoms with van der Waals surface area (Å²) in [6, 6.07) is 4.73. The highest BCUT2D eigenvalue weighted by atomic mass is 127. The Bertz CT molecular complexity index is 424. The number of unbranched alkanes of at least 4 members (excludes halogenated alkanes) is 2. The van der Waals surface area contributed by atoms with Crippen molar-refractivity contribution in [1.82, 2.24) is 5.32 Å². The lowest BCUT2D eigenvalue weighted by Gasteiger charge is -2.12. The summed E-state index contributed by atoms with van der Waals surface area (Å²) in [5.74, 6) is 0.140. The summed E-state index contributed by atoms with van der Waals surface area (Å²) < 4.78 is 0.769. The van der Waals surface area contributed by atoms with Crippen LogP contribution in [0.2, 0.25) is 0 Å². The molecule has 0 aliphatic rings. The quantitative estimate of drug-likeness (QED) is 0.504. The Morgan fingerprint density at radius 2 is 2.21 bits per heavy atom. The molecule has 0 fully saturated rings. The van der Waals surface area contributed by atoms with E-state index < -0.39 is 6.04 Å². The Hall–Kier alpha value is -0.820. The van der Waals surface area contributed by atoms with Crippen molar-refractivity contribution in [3.05, 3.63) is 27.3 Å². The van der Waals surface area contributed by atoms with Gasteiger partial charge in [0.1, 0.15) is 5.75 Å². The molecule has 1 aromatic rings. The Balaban J connectivity index is 2.42. The molecule has 0 bridgehead atoms. The fourth-order valence-electron chi connectivity index (χ4n) is 1.74. The predicted molar refractivity (Wildman–Crippen MR) is 85.0 cm³/mol. The minimum Gasteiger partial charge on any atom is -0.507 e. The standard InChI is InChI=1S/C14H21IN2O2/c1-2-3-4-7-17-14(19)12(16)9-10-5-6-13(18)11(15)8-10/h5-6,8,12,18H,2-4,7,9,16H2,1H3,(H,17,19). The summed E-state index contributed by atoms with van der Waals surface area (Å²) in [7, 11) is 0. The Morgan fingerprint density at radius 1 is 1.47 bits per heavy atom. The van der Waals surface area contributed by atoms with Crippen LogP contribution in [0.25, 0.3) is 0 Å². The second kappa shape index (κ2) is 8.37. The molecule has 1 unspecified atom stereocenters. The maximum absolute atomic E-state index is 11.8. The maximum Gasteiger partial charge on any atom is 0.237 e. The smallest absolute Gasteiger partial charge is 0.237 e. The number of amides is 1. The van der Waals surface area contributed by atoms with Crippen LogP contribution in [-0.2, 0) is 11.2 Å². The van der Waals surface area contributed by atoms with Crippen molar-refractivity contribution in [2.24, 2.45) is 5.73 Å². The molecular weight excluding hydrogens is 355 g/mol. The Labute approximate surface area is 127 Å². The fraction of sp³-hybridized carbons (Fsp3) is 0.500. The molecular formula is C14H21IN2O2. The van der Waals surface area contributed by atoms with Crippen molar-refractivity contribution >= 4 is 28.5 Å². The summed E-state index contributed by atoms with van der Waals surface area (Å²) in [4.78, 5) is 11.8. The van der Waals surface area contributed by atoms with E-state index in [4.69, 9.17) is 5.73 Å². The van der Waals surface area contributed by atoms with Gasteiger partial charge in [0, 0.05) is 6.54 Å². The Morgan fingerprint density at radius 3 is 2.84 bits per heavy atom. The number of hydrogen-bond acceptors (Lipinski definition) is 3. The minimum atomic E-state index is -0.540. The third kappa shape index (κ3) is 5.78. The average molecular weight is 376 g/mol. The van der Waals surface area contributed by atoms with Crippen LogP contribution in [0.1, 0.15) is 31.7 Å². The average Bonchev–Trinajstić information content (AvgIpc) is 2.38. The highest BCUT2D eigenvalue weighted by Gasteiger charge is 2.14. The van der Waals surface area contributed by atoms with Gasteiger partial charge in [-0.3, -0.25) is 4.79 Å². The first kappa shape index (κ1) is 16.2. The number of benzene rings is 1. The molecule has 1 aromatic carbocycles. The van der Waals surface area contributed by atoms with Crippen molar-refractivity contribution in [3.63, 3.8) is 0 Å². The molecule has 0 aromatic heterocycles. The lowest BCUT2D eigenvalue weighted by atomic mass is 10.1. The zero-order valence-corrected chi connectivity index (χ0v) is 13.3. The summed E-state index contributed by atoms with van der Waals surface area (Å²) in [5, 5.41) is 12.3. The number of nitrogens with one attached hydrogen (secondary N) is 1. The molecule has 0 spiro atoms. The second-order valence-corrected chi connectivity index (χ2v) is 5.76. The van der Waals surface area contributed by atoms with Crippen molar-refractivity contribution in [1.29, 1.82) is 0 Å². The van der Waals surface area contributed by atoms with E-state index in [1.165, 1.54) is 0 Å². The molecule has 1 amide bonds. The number of carbonyl (C=O) groups excluding carboxylic acids is 1. The van der Waals surface area contributed by atoms with Crippen LogP contribution >= 0.6 is 22.6 Å². The molecule has 0 aliphatic heterocycles. The van der Waals surface area contributed by atoms with Crippen LogP contribution < -0.4 is 11.1 Å². The zero-order chi connectivity index (χ0) is 14.3. The van der Waals surface area contributed by atoms with E-state index in [2.05, 4.69) is 34.8 Å². The van der Waals surface area contributed by atoms with Crippen LogP contribution in [0.3, 0.4) is 0 Å². The monoisotopic (exact) mass is 376 g/mol. The number of rotatable bonds is 7. The highest BCUT2D eigenvalue weighted by molar-refractivity contribution is 14.1. The van der Waals surface area contributed by atoms with Gasteiger partial charge in [0.15, 0.2) is 0 Å².